The fraction of sp³-hybridized carbons (Fsp3) is 0.200. The molecule has 1 amide bonds. The van der Waals surface area contributed by atoms with Crippen LogP contribution in [0.25, 0.3) is 22.6 Å². The van der Waals surface area contributed by atoms with Gasteiger partial charge in [-0.3, -0.25) is 4.79 Å². The normalized spacial score (nSPS) is 12.1. The molecule has 0 saturated carbocycles. The number of carbonyl (C=O) groups excluding carboxylic acids is 1. The Labute approximate surface area is 170 Å². The van der Waals surface area contributed by atoms with Crippen LogP contribution in [0.4, 0.5) is 5.69 Å². The zero-order chi connectivity index (χ0) is 20.2. The van der Waals surface area contributed by atoms with Crippen molar-refractivity contribution in [1.82, 2.24) is 4.98 Å². The monoisotopic (exact) mass is 384 g/mol. The van der Waals surface area contributed by atoms with Gasteiger partial charge in [-0.2, -0.15) is 0 Å². The molecule has 1 heterocycles. The topological polar surface area (TPSA) is 55.1 Å². The van der Waals surface area contributed by atoms with E-state index >= 15 is 0 Å². The van der Waals surface area contributed by atoms with Crippen LogP contribution in [0, 0.1) is 0 Å². The first-order chi connectivity index (χ1) is 14.1. The quantitative estimate of drug-likeness (QED) is 0.431. The maximum absolute atomic E-state index is 12.2. The lowest BCUT2D eigenvalue weighted by atomic mass is 9.98. The third-order valence-electron chi connectivity index (χ3n) is 5.22. The van der Waals surface area contributed by atoms with E-state index in [4.69, 9.17) is 4.42 Å². The number of anilines is 1. The van der Waals surface area contributed by atoms with E-state index in [1.807, 2.05) is 60.7 Å². The second kappa shape index (κ2) is 8.31. The zero-order valence-corrected chi connectivity index (χ0v) is 16.7. The molecule has 4 aromatic rings. The number of amides is 1. The molecule has 0 bridgehead atoms. The van der Waals surface area contributed by atoms with Crippen LogP contribution >= 0.6 is 0 Å². The van der Waals surface area contributed by atoms with Crippen LogP contribution in [0.2, 0.25) is 0 Å². The van der Waals surface area contributed by atoms with Crippen molar-refractivity contribution in [2.75, 3.05) is 5.32 Å². The van der Waals surface area contributed by atoms with Gasteiger partial charge in [0.2, 0.25) is 11.8 Å². The van der Waals surface area contributed by atoms with Gasteiger partial charge in [0.1, 0.15) is 5.52 Å². The Morgan fingerprint density at radius 1 is 1.03 bits per heavy atom. The lowest BCUT2D eigenvalue weighted by Crippen LogP contribution is -2.14. The number of hydrogen-bond acceptors (Lipinski definition) is 3. The summed E-state index contributed by atoms with van der Waals surface area (Å²) >= 11 is 0. The molecule has 0 unspecified atom stereocenters. The number of benzene rings is 3. The van der Waals surface area contributed by atoms with Gasteiger partial charge in [-0.15, -0.1) is 0 Å². The molecule has 0 saturated heterocycles. The van der Waals surface area contributed by atoms with E-state index in [9.17, 15) is 4.79 Å². The number of oxazole rings is 1. The van der Waals surface area contributed by atoms with Crippen LogP contribution in [-0.2, 0) is 11.2 Å². The molecule has 1 aromatic heterocycles. The second-order valence-corrected chi connectivity index (χ2v) is 7.34. The standard InChI is InChI=1S/C25H24N2O2/c1-3-17(2)20-11-14-23-22(16-20)27-25(29-23)19-9-12-21(13-10-19)26-24(28)15-18-7-5-4-6-8-18/h4-14,16-17H,3,15H2,1-2H3,(H,26,28)/t17-/m1/s1. The predicted octanol–water partition coefficient (Wildman–Crippen LogP) is 6.19. The van der Waals surface area contributed by atoms with Gasteiger partial charge in [0.05, 0.1) is 6.42 Å². The molecule has 0 aliphatic heterocycles. The highest BCUT2D eigenvalue weighted by Gasteiger charge is 2.11. The largest absolute Gasteiger partial charge is 0.436 e. The van der Waals surface area contributed by atoms with Gasteiger partial charge < -0.3 is 9.73 Å². The Morgan fingerprint density at radius 3 is 2.52 bits per heavy atom. The van der Waals surface area contributed by atoms with Crippen LogP contribution in [0.5, 0.6) is 0 Å². The van der Waals surface area contributed by atoms with Crippen molar-refractivity contribution in [1.29, 1.82) is 0 Å². The molecule has 0 fully saturated rings. The maximum atomic E-state index is 12.2. The maximum Gasteiger partial charge on any atom is 0.228 e. The third-order valence-corrected chi connectivity index (χ3v) is 5.22. The summed E-state index contributed by atoms with van der Waals surface area (Å²) in [6.07, 6.45) is 1.44. The highest BCUT2D eigenvalue weighted by molar-refractivity contribution is 5.92. The molecule has 1 N–H and O–H groups in total. The Bertz CT molecular complexity index is 1110. The average Bonchev–Trinajstić information content (AvgIpc) is 3.17. The molecule has 4 rings (SSSR count). The number of aromatic nitrogens is 1. The van der Waals surface area contributed by atoms with Crippen molar-refractivity contribution in [3.8, 4) is 11.5 Å². The number of nitrogens with one attached hydrogen (secondary N) is 1. The van der Waals surface area contributed by atoms with Crippen molar-refractivity contribution >= 4 is 22.7 Å². The molecular formula is C25H24N2O2. The van der Waals surface area contributed by atoms with E-state index in [2.05, 4.69) is 36.3 Å². The van der Waals surface area contributed by atoms with E-state index in [1.54, 1.807) is 0 Å². The molecule has 0 spiro atoms. The van der Waals surface area contributed by atoms with Crippen LogP contribution in [0.3, 0.4) is 0 Å². The summed E-state index contributed by atoms with van der Waals surface area (Å²) in [5.41, 5.74) is 5.56. The lowest BCUT2D eigenvalue weighted by molar-refractivity contribution is -0.115. The van der Waals surface area contributed by atoms with Crippen molar-refractivity contribution in [2.45, 2.75) is 32.6 Å². The number of hydrogen-bond donors (Lipinski definition) is 1. The highest BCUT2D eigenvalue weighted by atomic mass is 16.3. The summed E-state index contributed by atoms with van der Waals surface area (Å²) in [6, 6.07) is 23.5. The van der Waals surface area contributed by atoms with Gasteiger partial charge in [0, 0.05) is 11.3 Å². The number of nitrogens with zero attached hydrogens (tertiary/aromatic N) is 1. The number of fused-ring (bicyclic) bond motifs is 1. The fourth-order valence-electron chi connectivity index (χ4n) is 3.29. The molecule has 1 atom stereocenters. The minimum Gasteiger partial charge on any atom is -0.436 e. The van der Waals surface area contributed by atoms with Crippen LogP contribution in [-0.4, -0.2) is 10.9 Å². The van der Waals surface area contributed by atoms with Crippen molar-refractivity contribution in [3.63, 3.8) is 0 Å². The highest BCUT2D eigenvalue weighted by Crippen LogP contribution is 2.28. The molecular weight excluding hydrogens is 360 g/mol. The summed E-state index contributed by atoms with van der Waals surface area (Å²) in [5, 5.41) is 2.93. The lowest BCUT2D eigenvalue weighted by Gasteiger charge is -2.07. The van der Waals surface area contributed by atoms with Crippen LogP contribution < -0.4 is 5.32 Å². The molecule has 146 valence electrons. The summed E-state index contributed by atoms with van der Waals surface area (Å²) < 4.78 is 5.92. The van der Waals surface area contributed by atoms with E-state index in [-0.39, 0.29) is 5.91 Å². The van der Waals surface area contributed by atoms with Gasteiger partial charge in [-0.25, -0.2) is 4.98 Å². The molecule has 3 aromatic carbocycles. The van der Waals surface area contributed by atoms with Crippen molar-refractivity contribution < 1.29 is 9.21 Å². The van der Waals surface area contributed by atoms with E-state index in [0.29, 0.717) is 18.2 Å². The average molecular weight is 384 g/mol. The summed E-state index contributed by atoms with van der Waals surface area (Å²) in [4.78, 5) is 16.9. The summed E-state index contributed by atoms with van der Waals surface area (Å²) in [6.45, 7) is 4.40. The SMILES string of the molecule is CC[C@@H](C)c1ccc2oc(-c3ccc(NC(=O)Cc4ccccc4)cc3)nc2c1. The van der Waals surface area contributed by atoms with Crippen LogP contribution in [0.1, 0.15) is 37.3 Å². The first-order valence-electron chi connectivity index (χ1n) is 9.97. The van der Waals surface area contributed by atoms with Gasteiger partial charge >= 0.3 is 0 Å². The molecule has 29 heavy (non-hydrogen) atoms. The summed E-state index contributed by atoms with van der Waals surface area (Å²) in [7, 11) is 0. The first-order valence-corrected chi connectivity index (χ1v) is 9.97. The molecule has 0 radical (unpaired) electrons. The van der Waals surface area contributed by atoms with Gasteiger partial charge in [-0.1, -0.05) is 50.2 Å². The Hall–Kier alpha value is -3.40. The van der Waals surface area contributed by atoms with E-state index in [1.165, 1.54) is 5.56 Å². The Kier molecular flexibility index (Phi) is 5.43. The second-order valence-electron chi connectivity index (χ2n) is 7.34. The molecule has 0 aliphatic rings. The van der Waals surface area contributed by atoms with Crippen LogP contribution in [0.15, 0.2) is 77.2 Å². The number of rotatable bonds is 6. The Balaban J connectivity index is 1.48. The van der Waals surface area contributed by atoms with Gasteiger partial charge in [0.25, 0.3) is 0 Å². The molecule has 0 aliphatic carbocycles. The van der Waals surface area contributed by atoms with Crippen molar-refractivity contribution in [3.05, 3.63) is 83.9 Å². The van der Waals surface area contributed by atoms with Gasteiger partial charge in [0.15, 0.2) is 5.58 Å². The van der Waals surface area contributed by atoms with Crippen molar-refractivity contribution in [2.24, 2.45) is 0 Å². The van der Waals surface area contributed by atoms with E-state index < -0.39 is 0 Å². The minimum absolute atomic E-state index is 0.0385. The summed E-state index contributed by atoms with van der Waals surface area (Å²) in [5.74, 6) is 1.05. The fourth-order valence-corrected chi connectivity index (χ4v) is 3.29. The smallest absolute Gasteiger partial charge is 0.228 e. The number of carbonyl (C=O) groups is 1. The zero-order valence-electron chi connectivity index (χ0n) is 16.7. The molecule has 4 heteroatoms. The molecule has 4 nitrogen and oxygen atoms in total. The van der Waals surface area contributed by atoms with E-state index in [0.717, 1.165) is 34.3 Å². The predicted molar refractivity (Wildman–Crippen MR) is 117 cm³/mol. The van der Waals surface area contributed by atoms with Gasteiger partial charge in [-0.05, 0) is 59.9 Å². The minimum atomic E-state index is -0.0385. The Morgan fingerprint density at radius 2 is 1.79 bits per heavy atom. The first kappa shape index (κ1) is 18.9. The third kappa shape index (κ3) is 4.37.